The fourth-order valence-corrected chi connectivity index (χ4v) is 1.56. The first-order chi connectivity index (χ1) is 6.16. The van der Waals surface area contributed by atoms with Crippen molar-refractivity contribution in [3.8, 4) is 0 Å². The highest BCUT2D eigenvalue weighted by molar-refractivity contribution is 6.31. The van der Waals surface area contributed by atoms with E-state index in [1.807, 2.05) is 0 Å². The van der Waals surface area contributed by atoms with Gasteiger partial charge >= 0.3 is 0 Å². The Bertz CT molecular complexity index is 273. The standard InChI is InChI=1S/C9H11ClFNO/c1-6(5-13-12)9-7(10)3-2-4-8(9)11/h2-4,6H,5,12H2,1H3. The lowest BCUT2D eigenvalue weighted by Crippen LogP contribution is -2.10. The Hall–Kier alpha value is -0.640. The molecule has 0 amide bonds. The molecule has 0 heterocycles. The second kappa shape index (κ2) is 4.56. The van der Waals surface area contributed by atoms with E-state index in [0.29, 0.717) is 10.6 Å². The number of hydrogen-bond donors (Lipinski definition) is 1. The summed E-state index contributed by atoms with van der Waals surface area (Å²) < 4.78 is 13.2. The summed E-state index contributed by atoms with van der Waals surface area (Å²) in [5, 5.41) is 0.407. The zero-order chi connectivity index (χ0) is 9.84. The van der Waals surface area contributed by atoms with Gasteiger partial charge in [-0.2, -0.15) is 0 Å². The summed E-state index contributed by atoms with van der Waals surface area (Å²) >= 11 is 5.82. The highest BCUT2D eigenvalue weighted by atomic mass is 35.5. The van der Waals surface area contributed by atoms with E-state index in [1.165, 1.54) is 6.07 Å². The summed E-state index contributed by atoms with van der Waals surface area (Å²) in [6.45, 7) is 2.05. The molecule has 1 unspecified atom stereocenters. The van der Waals surface area contributed by atoms with Crippen LogP contribution in [0.25, 0.3) is 0 Å². The zero-order valence-electron chi connectivity index (χ0n) is 7.26. The van der Waals surface area contributed by atoms with Crippen LogP contribution in [0.2, 0.25) is 5.02 Å². The minimum atomic E-state index is -0.322. The van der Waals surface area contributed by atoms with Gasteiger partial charge in [0.05, 0.1) is 6.61 Å². The molecule has 1 aromatic rings. The molecular weight excluding hydrogens is 193 g/mol. The molecule has 1 aromatic carbocycles. The lowest BCUT2D eigenvalue weighted by molar-refractivity contribution is 0.126. The van der Waals surface area contributed by atoms with Gasteiger partial charge in [0.15, 0.2) is 0 Å². The topological polar surface area (TPSA) is 35.2 Å². The predicted octanol–water partition coefficient (Wildman–Crippen LogP) is 2.47. The van der Waals surface area contributed by atoms with Crippen molar-refractivity contribution in [3.05, 3.63) is 34.6 Å². The van der Waals surface area contributed by atoms with Crippen LogP contribution in [0.1, 0.15) is 18.4 Å². The van der Waals surface area contributed by atoms with Gasteiger partial charge in [-0.3, -0.25) is 0 Å². The second-order valence-electron chi connectivity index (χ2n) is 2.87. The van der Waals surface area contributed by atoms with Crippen molar-refractivity contribution < 1.29 is 9.23 Å². The van der Waals surface area contributed by atoms with Crippen molar-refractivity contribution in [1.82, 2.24) is 0 Å². The third kappa shape index (κ3) is 2.40. The van der Waals surface area contributed by atoms with Gasteiger partial charge in [-0.1, -0.05) is 24.6 Å². The summed E-state index contributed by atoms with van der Waals surface area (Å²) in [4.78, 5) is 4.44. The van der Waals surface area contributed by atoms with Crippen molar-refractivity contribution in [1.29, 1.82) is 0 Å². The SMILES string of the molecule is CC(CON)c1c(F)cccc1Cl. The van der Waals surface area contributed by atoms with Gasteiger partial charge in [-0.25, -0.2) is 10.3 Å². The zero-order valence-corrected chi connectivity index (χ0v) is 8.01. The number of hydrogen-bond acceptors (Lipinski definition) is 2. The Morgan fingerprint density at radius 1 is 1.62 bits per heavy atom. The Morgan fingerprint density at radius 2 is 2.31 bits per heavy atom. The van der Waals surface area contributed by atoms with E-state index < -0.39 is 0 Å². The molecule has 0 spiro atoms. The average molecular weight is 204 g/mol. The van der Waals surface area contributed by atoms with E-state index in [1.54, 1.807) is 19.1 Å². The third-order valence-electron chi connectivity index (χ3n) is 1.84. The lowest BCUT2D eigenvalue weighted by Gasteiger charge is -2.12. The summed E-state index contributed by atoms with van der Waals surface area (Å²) in [5.74, 6) is 4.44. The van der Waals surface area contributed by atoms with Crippen molar-refractivity contribution in [3.63, 3.8) is 0 Å². The van der Waals surface area contributed by atoms with Gasteiger partial charge < -0.3 is 4.84 Å². The number of nitrogens with two attached hydrogens (primary N) is 1. The number of rotatable bonds is 3. The van der Waals surface area contributed by atoms with E-state index >= 15 is 0 Å². The molecule has 0 saturated carbocycles. The fourth-order valence-electron chi connectivity index (χ4n) is 1.21. The highest BCUT2D eigenvalue weighted by Crippen LogP contribution is 2.26. The molecule has 72 valence electrons. The van der Waals surface area contributed by atoms with E-state index in [-0.39, 0.29) is 18.3 Å². The van der Waals surface area contributed by atoms with Crippen LogP contribution in [-0.4, -0.2) is 6.61 Å². The van der Waals surface area contributed by atoms with Crippen molar-refractivity contribution >= 4 is 11.6 Å². The average Bonchev–Trinajstić information content (AvgIpc) is 2.04. The maximum absolute atomic E-state index is 13.2. The molecule has 0 aliphatic rings. The monoisotopic (exact) mass is 203 g/mol. The van der Waals surface area contributed by atoms with E-state index in [2.05, 4.69) is 4.84 Å². The fraction of sp³-hybridized carbons (Fsp3) is 0.333. The first-order valence-corrected chi connectivity index (χ1v) is 4.30. The molecule has 0 radical (unpaired) electrons. The summed E-state index contributed by atoms with van der Waals surface area (Å²) in [7, 11) is 0. The molecule has 1 atom stereocenters. The molecule has 2 nitrogen and oxygen atoms in total. The van der Waals surface area contributed by atoms with Crippen molar-refractivity contribution in [2.45, 2.75) is 12.8 Å². The Kier molecular flexibility index (Phi) is 3.66. The van der Waals surface area contributed by atoms with Crippen LogP contribution in [0.3, 0.4) is 0 Å². The van der Waals surface area contributed by atoms with E-state index in [0.717, 1.165) is 0 Å². The quantitative estimate of drug-likeness (QED) is 0.766. The maximum atomic E-state index is 13.2. The van der Waals surface area contributed by atoms with Gasteiger partial charge in [0.1, 0.15) is 5.82 Å². The highest BCUT2D eigenvalue weighted by Gasteiger charge is 2.14. The van der Waals surface area contributed by atoms with Crippen LogP contribution in [0.5, 0.6) is 0 Å². The maximum Gasteiger partial charge on any atom is 0.128 e. The number of halogens is 2. The normalized spacial score (nSPS) is 12.9. The van der Waals surface area contributed by atoms with Crippen molar-refractivity contribution in [2.24, 2.45) is 5.90 Å². The summed E-state index contributed by atoms with van der Waals surface area (Å²) in [5.41, 5.74) is 0.453. The first-order valence-electron chi connectivity index (χ1n) is 3.92. The first kappa shape index (κ1) is 10.4. The molecule has 4 heteroatoms. The van der Waals surface area contributed by atoms with Crippen LogP contribution in [0, 0.1) is 5.82 Å². The minimum absolute atomic E-state index is 0.140. The molecule has 2 N–H and O–H groups in total. The van der Waals surface area contributed by atoms with Gasteiger partial charge in [-0.05, 0) is 12.1 Å². The molecule has 0 saturated heterocycles. The molecule has 13 heavy (non-hydrogen) atoms. The van der Waals surface area contributed by atoms with Crippen LogP contribution in [0.15, 0.2) is 18.2 Å². The largest absolute Gasteiger partial charge is 0.304 e. The molecule has 0 aliphatic carbocycles. The second-order valence-corrected chi connectivity index (χ2v) is 3.28. The minimum Gasteiger partial charge on any atom is -0.304 e. The Morgan fingerprint density at radius 3 is 2.85 bits per heavy atom. The molecule has 0 aliphatic heterocycles. The summed E-state index contributed by atoms with van der Waals surface area (Å²) in [6, 6.07) is 4.58. The van der Waals surface area contributed by atoms with Crippen LogP contribution < -0.4 is 5.90 Å². The van der Waals surface area contributed by atoms with E-state index in [4.69, 9.17) is 17.5 Å². The molecule has 0 fully saturated rings. The molecular formula is C9H11ClFNO. The number of benzene rings is 1. The summed E-state index contributed by atoms with van der Waals surface area (Å²) in [6.07, 6.45) is 0. The molecule has 0 bridgehead atoms. The van der Waals surface area contributed by atoms with Crippen LogP contribution in [0.4, 0.5) is 4.39 Å². The Labute approximate surface area is 81.4 Å². The van der Waals surface area contributed by atoms with E-state index in [9.17, 15) is 4.39 Å². The van der Waals surface area contributed by atoms with Gasteiger partial charge in [0.2, 0.25) is 0 Å². The Balaban J connectivity index is 2.98. The van der Waals surface area contributed by atoms with Crippen molar-refractivity contribution in [2.75, 3.05) is 6.61 Å². The van der Waals surface area contributed by atoms with Crippen LogP contribution >= 0.6 is 11.6 Å². The predicted molar refractivity (Wildman–Crippen MR) is 50.0 cm³/mol. The van der Waals surface area contributed by atoms with Gasteiger partial charge in [-0.15, -0.1) is 0 Å². The third-order valence-corrected chi connectivity index (χ3v) is 2.17. The van der Waals surface area contributed by atoms with Gasteiger partial charge in [0, 0.05) is 16.5 Å². The smallest absolute Gasteiger partial charge is 0.128 e. The lowest BCUT2D eigenvalue weighted by atomic mass is 10.0. The van der Waals surface area contributed by atoms with Gasteiger partial charge in [0.25, 0.3) is 0 Å². The molecule has 0 aromatic heterocycles. The molecule has 1 rings (SSSR count). The van der Waals surface area contributed by atoms with Crippen LogP contribution in [-0.2, 0) is 4.84 Å².